The van der Waals surface area contributed by atoms with Crippen LogP contribution in [0.25, 0.3) is 11.3 Å². The zero-order valence-electron chi connectivity index (χ0n) is 18.8. The molecule has 0 radical (unpaired) electrons. The first-order valence-electron chi connectivity index (χ1n) is 11.1. The Bertz CT molecular complexity index is 1270. The van der Waals surface area contributed by atoms with Crippen LogP contribution in [-0.2, 0) is 16.4 Å². The Kier molecular flexibility index (Phi) is 7.08. The SMILES string of the molecule is CN(CCCc1cc(-c2ccc(F)cc2)n[nH]1)C(=O)c1ccc(F)c(S(=O)(=O)N2CCCC2)c1. The van der Waals surface area contributed by atoms with Crippen LogP contribution >= 0.6 is 0 Å². The fraction of sp³-hybridized carbons (Fsp3) is 0.333. The van der Waals surface area contributed by atoms with Gasteiger partial charge in [-0.25, -0.2) is 17.2 Å². The summed E-state index contributed by atoms with van der Waals surface area (Å²) >= 11 is 0. The lowest BCUT2D eigenvalue weighted by Crippen LogP contribution is -2.30. The fourth-order valence-corrected chi connectivity index (χ4v) is 5.60. The minimum absolute atomic E-state index is 0.127. The number of amides is 1. The van der Waals surface area contributed by atoms with E-state index in [1.165, 1.54) is 27.4 Å². The molecule has 1 aromatic heterocycles. The third-order valence-corrected chi connectivity index (χ3v) is 7.83. The zero-order valence-corrected chi connectivity index (χ0v) is 19.6. The van der Waals surface area contributed by atoms with Crippen LogP contribution in [0.15, 0.2) is 53.4 Å². The second-order valence-electron chi connectivity index (χ2n) is 8.37. The summed E-state index contributed by atoms with van der Waals surface area (Å²) in [6, 6.07) is 11.4. The predicted molar refractivity (Wildman–Crippen MR) is 124 cm³/mol. The Morgan fingerprint density at radius 3 is 2.50 bits per heavy atom. The quantitative estimate of drug-likeness (QED) is 0.522. The normalized spacial score (nSPS) is 14.4. The molecule has 7 nitrogen and oxygen atoms in total. The van der Waals surface area contributed by atoms with Gasteiger partial charge in [-0.05, 0) is 74.2 Å². The zero-order chi connectivity index (χ0) is 24.3. The van der Waals surface area contributed by atoms with Crippen LogP contribution < -0.4 is 0 Å². The topological polar surface area (TPSA) is 86.4 Å². The van der Waals surface area contributed by atoms with Crippen molar-refractivity contribution in [2.75, 3.05) is 26.7 Å². The average molecular weight is 489 g/mol. The molecule has 180 valence electrons. The molecule has 0 unspecified atom stereocenters. The number of aromatic amines is 1. The van der Waals surface area contributed by atoms with Gasteiger partial charge in [0.2, 0.25) is 10.0 Å². The molecule has 0 saturated carbocycles. The molecule has 0 aliphatic carbocycles. The number of rotatable bonds is 8. The van der Waals surface area contributed by atoms with Crippen LogP contribution in [0.3, 0.4) is 0 Å². The van der Waals surface area contributed by atoms with Gasteiger partial charge in [-0.1, -0.05) is 0 Å². The molecule has 2 aromatic carbocycles. The lowest BCUT2D eigenvalue weighted by Gasteiger charge is -2.19. The van der Waals surface area contributed by atoms with Crippen molar-refractivity contribution in [2.45, 2.75) is 30.6 Å². The van der Waals surface area contributed by atoms with Crippen molar-refractivity contribution < 1.29 is 22.0 Å². The Hall–Kier alpha value is -3.11. The first kappa shape index (κ1) is 24.0. The lowest BCUT2D eigenvalue weighted by atomic mass is 10.1. The maximum atomic E-state index is 14.4. The molecule has 1 amide bonds. The monoisotopic (exact) mass is 488 g/mol. The van der Waals surface area contributed by atoms with Gasteiger partial charge < -0.3 is 4.90 Å². The van der Waals surface area contributed by atoms with E-state index in [-0.39, 0.29) is 17.3 Å². The molecule has 1 saturated heterocycles. The van der Waals surface area contributed by atoms with Crippen LogP contribution in [-0.4, -0.2) is 60.4 Å². The number of aromatic nitrogens is 2. The van der Waals surface area contributed by atoms with Crippen molar-refractivity contribution >= 4 is 15.9 Å². The van der Waals surface area contributed by atoms with Crippen molar-refractivity contribution in [1.82, 2.24) is 19.4 Å². The summed E-state index contributed by atoms with van der Waals surface area (Å²) in [5, 5.41) is 7.20. The summed E-state index contributed by atoms with van der Waals surface area (Å²) in [4.78, 5) is 13.9. The van der Waals surface area contributed by atoms with Crippen molar-refractivity contribution in [3.8, 4) is 11.3 Å². The second-order valence-corrected chi connectivity index (χ2v) is 10.3. The number of carbonyl (C=O) groups is 1. The summed E-state index contributed by atoms with van der Waals surface area (Å²) in [6.45, 7) is 1.13. The molecule has 34 heavy (non-hydrogen) atoms. The molecule has 3 aromatic rings. The van der Waals surface area contributed by atoms with E-state index in [0.717, 1.165) is 36.2 Å². The van der Waals surface area contributed by atoms with E-state index < -0.39 is 20.7 Å². The third-order valence-electron chi connectivity index (χ3n) is 5.92. The first-order valence-corrected chi connectivity index (χ1v) is 12.5. The molecule has 1 N–H and O–H groups in total. The van der Waals surface area contributed by atoms with Gasteiger partial charge in [-0.3, -0.25) is 9.89 Å². The number of aryl methyl sites for hydroxylation is 1. The number of carbonyl (C=O) groups excluding carboxylic acids is 1. The van der Waals surface area contributed by atoms with Crippen LogP contribution in [0, 0.1) is 11.6 Å². The van der Waals surface area contributed by atoms with Gasteiger partial charge in [-0.15, -0.1) is 0 Å². The molecule has 0 atom stereocenters. The number of nitrogens with one attached hydrogen (secondary N) is 1. The van der Waals surface area contributed by atoms with E-state index in [9.17, 15) is 22.0 Å². The molecular formula is C24H26F2N4O3S. The van der Waals surface area contributed by atoms with Gasteiger partial charge in [0.15, 0.2) is 0 Å². The standard InChI is InChI=1S/C24H26F2N4O3S/c1-29(12-4-5-20-16-22(28-27-20)17-6-9-19(25)10-7-17)24(31)18-8-11-21(26)23(15-18)34(32,33)30-13-2-3-14-30/h6-11,15-16H,2-5,12-14H2,1H3,(H,27,28). The van der Waals surface area contributed by atoms with Crippen LogP contribution in [0.4, 0.5) is 8.78 Å². The number of nitrogens with zero attached hydrogens (tertiary/aromatic N) is 3. The van der Waals surface area contributed by atoms with E-state index in [1.807, 2.05) is 6.07 Å². The Labute approximate surface area is 197 Å². The van der Waals surface area contributed by atoms with Crippen molar-refractivity contribution in [1.29, 1.82) is 0 Å². The number of hydrogen-bond acceptors (Lipinski definition) is 4. The van der Waals surface area contributed by atoms with Gasteiger partial charge in [-0.2, -0.15) is 9.40 Å². The van der Waals surface area contributed by atoms with Gasteiger partial charge in [0, 0.05) is 43.5 Å². The van der Waals surface area contributed by atoms with Crippen molar-refractivity contribution in [3.63, 3.8) is 0 Å². The molecule has 4 rings (SSSR count). The Morgan fingerprint density at radius 1 is 1.09 bits per heavy atom. The van der Waals surface area contributed by atoms with E-state index in [0.29, 0.717) is 38.2 Å². The maximum Gasteiger partial charge on any atom is 0.253 e. The number of benzene rings is 2. The highest BCUT2D eigenvalue weighted by atomic mass is 32.2. The number of hydrogen-bond donors (Lipinski definition) is 1. The molecule has 0 spiro atoms. The largest absolute Gasteiger partial charge is 0.342 e. The minimum atomic E-state index is -3.97. The predicted octanol–water partition coefficient (Wildman–Crippen LogP) is 3.84. The maximum absolute atomic E-state index is 14.4. The minimum Gasteiger partial charge on any atom is -0.342 e. The van der Waals surface area contributed by atoms with Gasteiger partial charge >= 0.3 is 0 Å². The molecule has 1 aliphatic rings. The summed E-state index contributed by atoms with van der Waals surface area (Å²) < 4.78 is 54.3. The lowest BCUT2D eigenvalue weighted by molar-refractivity contribution is 0.0793. The highest BCUT2D eigenvalue weighted by molar-refractivity contribution is 7.89. The van der Waals surface area contributed by atoms with Crippen LogP contribution in [0.5, 0.6) is 0 Å². The smallest absolute Gasteiger partial charge is 0.253 e. The summed E-state index contributed by atoms with van der Waals surface area (Å²) in [5.41, 5.74) is 2.51. The fourth-order valence-electron chi connectivity index (χ4n) is 3.99. The number of halogens is 2. The van der Waals surface area contributed by atoms with E-state index >= 15 is 0 Å². The van der Waals surface area contributed by atoms with Crippen LogP contribution in [0.1, 0.15) is 35.3 Å². The third kappa shape index (κ3) is 5.18. The Morgan fingerprint density at radius 2 is 1.79 bits per heavy atom. The Balaban J connectivity index is 1.37. The summed E-state index contributed by atoms with van der Waals surface area (Å²) in [7, 11) is -2.35. The molecular weight excluding hydrogens is 462 g/mol. The van der Waals surface area contributed by atoms with E-state index in [1.54, 1.807) is 19.2 Å². The number of H-pyrrole nitrogens is 1. The van der Waals surface area contributed by atoms with Crippen molar-refractivity contribution in [2.24, 2.45) is 0 Å². The van der Waals surface area contributed by atoms with Crippen molar-refractivity contribution in [3.05, 3.63) is 71.4 Å². The van der Waals surface area contributed by atoms with Gasteiger partial charge in [0.25, 0.3) is 5.91 Å². The number of sulfonamides is 1. The first-order chi connectivity index (χ1) is 16.3. The van der Waals surface area contributed by atoms with Gasteiger partial charge in [0.05, 0.1) is 5.69 Å². The highest BCUT2D eigenvalue weighted by Gasteiger charge is 2.30. The summed E-state index contributed by atoms with van der Waals surface area (Å²) in [5.74, 6) is -1.55. The average Bonchev–Trinajstić information content (AvgIpc) is 3.52. The van der Waals surface area contributed by atoms with Gasteiger partial charge in [0.1, 0.15) is 16.5 Å². The second kappa shape index (κ2) is 10.0. The van der Waals surface area contributed by atoms with Crippen LogP contribution in [0.2, 0.25) is 0 Å². The molecule has 1 fully saturated rings. The van der Waals surface area contributed by atoms with E-state index in [2.05, 4.69) is 10.2 Å². The molecule has 0 bridgehead atoms. The molecule has 10 heteroatoms. The summed E-state index contributed by atoms with van der Waals surface area (Å²) in [6.07, 6.45) is 2.74. The van der Waals surface area contributed by atoms with E-state index in [4.69, 9.17) is 0 Å². The highest BCUT2D eigenvalue weighted by Crippen LogP contribution is 2.25. The molecule has 1 aliphatic heterocycles. The molecule has 2 heterocycles.